The SMILES string of the molecule is CNCC1CC(OC(=O)NC)C1. The lowest BCUT2D eigenvalue weighted by Gasteiger charge is -2.34. The van der Waals surface area contributed by atoms with Crippen molar-refractivity contribution in [3.8, 4) is 0 Å². The Labute approximate surface area is 72.7 Å². The zero-order valence-electron chi connectivity index (χ0n) is 7.59. The predicted molar refractivity (Wildman–Crippen MR) is 46.0 cm³/mol. The number of hydrogen-bond acceptors (Lipinski definition) is 3. The summed E-state index contributed by atoms with van der Waals surface area (Å²) < 4.78 is 5.03. The van der Waals surface area contributed by atoms with Gasteiger partial charge in [-0.15, -0.1) is 0 Å². The van der Waals surface area contributed by atoms with E-state index in [9.17, 15) is 4.79 Å². The van der Waals surface area contributed by atoms with Gasteiger partial charge in [-0.25, -0.2) is 4.79 Å². The van der Waals surface area contributed by atoms with Crippen LogP contribution in [0.5, 0.6) is 0 Å². The van der Waals surface area contributed by atoms with Gasteiger partial charge >= 0.3 is 6.09 Å². The van der Waals surface area contributed by atoms with Crippen molar-refractivity contribution in [1.29, 1.82) is 0 Å². The molecule has 2 N–H and O–H groups in total. The van der Waals surface area contributed by atoms with Crippen molar-refractivity contribution in [3.05, 3.63) is 0 Å². The van der Waals surface area contributed by atoms with E-state index < -0.39 is 0 Å². The zero-order chi connectivity index (χ0) is 8.97. The van der Waals surface area contributed by atoms with E-state index in [1.54, 1.807) is 7.05 Å². The van der Waals surface area contributed by atoms with E-state index in [4.69, 9.17) is 4.74 Å². The number of nitrogens with one attached hydrogen (secondary N) is 2. The van der Waals surface area contributed by atoms with Gasteiger partial charge in [0.25, 0.3) is 0 Å². The fraction of sp³-hybridized carbons (Fsp3) is 0.875. The Hall–Kier alpha value is -0.770. The van der Waals surface area contributed by atoms with E-state index in [0.717, 1.165) is 19.4 Å². The molecule has 1 aliphatic carbocycles. The molecule has 0 aromatic rings. The summed E-state index contributed by atoms with van der Waals surface area (Å²) in [6.45, 7) is 1.02. The molecule has 0 heterocycles. The van der Waals surface area contributed by atoms with Gasteiger partial charge in [0, 0.05) is 7.05 Å². The molecule has 4 heteroatoms. The fourth-order valence-electron chi connectivity index (χ4n) is 1.44. The normalized spacial score (nSPS) is 27.5. The molecular formula is C8H16N2O2. The van der Waals surface area contributed by atoms with Gasteiger partial charge in [0.05, 0.1) is 0 Å². The monoisotopic (exact) mass is 172 g/mol. The van der Waals surface area contributed by atoms with E-state index in [1.165, 1.54) is 0 Å². The second-order valence-electron chi connectivity index (χ2n) is 3.17. The van der Waals surface area contributed by atoms with Crippen LogP contribution in [0.2, 0.25) is 0 Å². The number of alkyl carbamates (subject to hydrolysis) is 1. The summed E-state index contributed by atoms with van der Waals surface area (Å²) in [7, 11) is 3.51. The summed E-state index contributed by atoms with van der Waals surface area (Å²) >= 11 is 0. The summed E-state index contributed by atoms with van der Waals surface area (Å²) in [6, 6.07) is 0. The molecule has 1 amide bonds. The Balaban J connectivity index is 2.05. The molecular weight excluding hydrogens is 156 g/mol. The topological polar surface area (TPSA) is 50.4 Å². The minimum atomic E-state index is -0.317. The maximum absolute atomic E-state index is 10.7. The molecule has 0 radical (unpaired) electrons. The highest BCUT2D eigenvalue weighted by atomic mass is 16.6. The molecule has 0 spiro atoms. The quantitative estimate of drug-likeness (QED) is 0.645. The summed E-state index contributed by atoms with van der Waals surface area (Å²) in [6.07, 6.45) is 1.81. The largest absolute Gasteiger partial charge is 0.446 e. The lowest BCUT2D eigenvalue weighted by atomic mass is 9.82. The highest BCUT2D eigenvalue weighted by Crippen LogP contribution is 2.29. The molecule has 0 unspecified atom stereocenters. The molecule has 1 rings (SSSR count). The van der Waals surface area contributed by atoms with Crippen LogP contribution in [0.15, 0.2) is 0 Å². The summed E-state index contributed by atoms with van der Waals surface area (Å²) in [4.78, 5) is 10.7. The molecule has 1 saturated carbocycles. The first-order valence-electron chi connectivity index (χ1n) is 4.29. The maximum Gasteiger partial charge on any atom is 0.407 e. The van der Waals surface area contributed by atoms with E-state index >= 15 is 0 Å². The number of carbonyl (C=O) groups is 1. The van der Waals surface area contributed by atoms with Crippen LogP contribution >= 0.6 is 0 Å². The van der Waals surface area contributed by atoms with Crippen LogP contribution in [0, 0.1) is 5.92 Å². The molecule has 12 heavy (non-hydrogen) atoms. The smallest absolute Gasteiger partial charge is 0.407 e. The Morgan fingerprint density at radius 3 is 2.67 bits per heavy atom. The second-order valence-corrected chi connectivity index (χ2v) is 3.17. The van der Waals surface area contributed by atoms with Gasteiger partial charge in [-0.2, -0.15) is 0 Å². The van der Waals surface area contributed by atoms with Gasteiger partial charge in [0.1, 0.15) is 6.10 Å². The highest BCUT2D eigenvalue weighted by Gasteiger charge is 2.31. The molecule has 4 nitrogen and oxygen atoms in total. The molecule has 1 aliphatic rings. The van der Waals surface area contributed by atoms with Crippen molar-refractivity contribution in [3.63, 3.8) is 0 Å². The van der Waals surface area contributed by atoms with Crippen LogP contribution < -0.4 is 10.6 Å². The minimum absolute atomic E-state index is 0.142. The van der Waals surface area contributed by atoms with Crippen molar-refractivity contribution in [1.82, 2.24) is 10.6 Å². The minimum Gasteiger partial charge on any atom is -0.446 e. The van der Waals surface area contributed by atoms with Crippen LogP contribution in [0.25, 0.3) is 0 Å². The number of hydrogen-bond donors (Lipinski definition) is 2. The van der Waals surface area contributed by atoms with Crippen LogP contribution in [-0.2, 0) is 4.74 Å². The van der Waals surface area contributed by atoms with Crippen molar-refractivity contribution >= 4 is 6.09 Å². The number of amides is 1. The molecule has 0 atom stereocenters. The number of ether oxygens (including phenoxy) is 1. The zero-order valence-corrected chi connectivity index (χ0v) is 7.59. The summed E-state index contributed by atoms with van der Waals surface area (Å²) in [5, 5.41) is 5.54. The van der Waals surface area contributed by atoms with E-state index in [2.05, 4.69) is 10.6 Å². The van der Waals surface area contributed by atoms with Gasteiger partial charge < -0.3 is 15.4 Å². The Morgan fingerprint density at radius 1 is 1.50 bits per heavy atom. The van der Waals surface area contributed by atoms with Crippen LogP contribution in [0.1, 0.15) is 12.8 Å². The fourth-order valence-corrected chi connectivity index (χ4v) is 1.44. The maximum atomic E-state index is 10.7. The Morgan fingerprint density at radius 2 is 2.17 bits per heavy atom. The van der Waals surface area contributed by atoms with E-state index in [-0.39, 0.29) is 12.2 Å². The first-order chi connectivity index (χ1) is 5.76. The molecule has 70 valence electrons. The molecule has 0 bridgehead atoms. The van der Waals surface area contributed by atoms with Crippen LogP contribution in [0.3, 0.4) is 0 Å². The predicted octanol–water partition coefficient (Wildman–Crippen LogP) is 0.340. The van der Waals surface area contributed by atoms with Crippen molar-refractivity contribution in [2.45, 2.75) is 18.9 Å². The standard InChI is InChI=1S/C8H16N2O2/c1-9-5-6-3-7(4-6)12-8(11)10-2/h6-7,9H,3-5H2,1-2H3,(H,10,11). The van der Waals surface area contributed by atoms with Gasteiger partial charge in [-0.3, -0.25) is 0 Å². The van der Waals surface area contributed by atoms with Crippen LogP contribution in [0.4, 0.5) is 4.79 Å². The second kappa shape index (κ2) is 4.30. The molecule has 0 aromatic carbocycles. The number of carbonyl (C=O) groups excluding carboxylic acids is 1. The number of rotatable bonds is 3. The van der Waals surface area contributed by atoms with Gasteiger partial charge in [0.15, 0.2) is 0 Å². The van der Waals surface area contributed by atoms with Crippen LogP contribution in [-0.4, -0.2) is 32.8 Å². The van der Waals surface area contributed by atoms with E-state index in [0.29, 0.717) is 5.92 Å². The first kappa shape index (κ1) is 9.32. The third kappa shape index (κ3) is 2.37. The first-order valence-corrected chi connectivity index (χ1v) is 4.29. The molecule has 0 aliphatic heterocycles. The van der Waals surface area contributed by atoms with Gasteiger partial charge in [-0.1, -0.05) is 0 Å². The summed E-state index contributed by atoms with van der Waals surface area (Å²) in [5.41, 5.74) is 0. The Bertz CT molecular complexity index is 155. The molecule has 1 fully saturated rings. The van der Waals surface area contributed by atoms with Crippen molar-refractivity contribution < 1.29 is 9.53 Å². The van der Waals surface area contributed by atoms with Gasteiger partial charge in [0.2, 0.25) is 0 Å². The average molecular weight is 172 g/mol. The molecule has 0 aromatic heterocycles. The van der Waals surface area contributed by atoms with E-state index in [1.807, 2.05) is 7.05 Å². The Kier molecular flexibility index (Phi) is 3.34. The van der Waals surface area contributed by atoms with Crippen molar-refractivity contribution in [2.24, 2.45) is 5.92 Å². The third-order valence-corrected chi connectivity index (χ3v) is 2.16. The lowest BCUT2D eigenvalue weighted by Crippen LogP contribution is -2.39. The molecule has 0 saturated heterocycles. The lowest BCUT2D eigenvalue weighted by molar-refractivity contribution is 0.0192. The third-order valence-electron chi connectivity index (χ3n) is 2.16. The highest BCUT2D eigenvalue weighted by molar-refractivity contribution is 5.66. The summed E-state index contributed by atoms with van der Waals surface area (Å²) in [5.74, 6) is 0.685. The van der Waals surface area contributed by atoms with Crippen molar-refractivity contribution in [2.75, 3.05) is 20.6 Å². The van der Waals surface area contributed by atoms with Gasteiger partial charge in [-0.05, 0) is 32.4 Å². The average Bonchev–Trinajstić information content (AvgIpc) is 2.00.